The highest BCUT2D eigenvalue weighted by Gasteiger charge is 2.47. The molecule has 0 aromatic carbocycles. The molecule has 11 atom stereocenters. The van der Waals surface area contributed by atoms with Gasteiger partial charge in [0.2, 0.25) is 0 Å². The molecule has 0 amide bonds. The van der Waals surface area contributed by atoms with Crippen molar-refractivity contribution in [2.45, 2.75) is 248 Å². The Kier molecular flexibility index (Phi) is 31.6. The second kappa shape index (κ2) is 34.5. The second-order valence-corrected chi connectivity index (χ2v) is 16.9. The van der Waals surface area contributed by atoms with Crippen molar-refractivity contribution in [1.29, 1.82) is 0 Å². The summed E-state index contributed by atoms with van der Waals surface area (Å²) in [5.74, 6) is -0.377. The van der Waals surface area contributed by atoms with Crippen LogP contribution in [0.2, 0.25) is 0 Å². The Balaban J connectivity index is 1.75. The van der Waals surface area contributed by atoms with Crippen LogP contribution in [0.5, 0.6) is 0 Å². The molecule has 0 radical (unpaired) electrons. The minimum absolute atomic E-state index is 0.0691. The maximum atomic E-state index is 12.9. The van der Waals surface area contributed by atoms with E-state index in [1.807, 2.05) is 0 Å². The van der Waals surface area contributed by atoms with Crippen molar-refractivity contribution in [2.75, 3.05) is 33.0 Å². The van der Waals surface area contributed by atoms with Gasteiger partial charge in [-0.1, -0.05) is 162 Å². The lowest BCUT2D eigenvalue weighted by Crippen LogP contribution is -2.61. The molecule has 350 valence electrons. The van der Waals surface area contributed by atoms with Gasteiger partial charge in [0.1, 0.15) is 54.9 Å². The topological polar surface area (TPSA) is 214 Å². The first-order valence-corrected chi connectivity index (χ1v) is 23.6. The predicted octanol–water partition coefficient (Wildman–Crippen LogP) is 5.74. The SMILES string of the molecule is CCCCCCCCCCCCCCCCCCCOCC(COC1OC(COC2OC(CO)C(O)C(O)C2O)C(O)C(O)C1O)OC(=O)CCCCCCCCCC. The molecule has 0 spiro atoms. The van der Waals surface area contributed by atoms with Gasteiger partial charge in [0, 0.05) is 13.0 Å². The van der Waals surface area contributed by atoms with Gasteiger partial charge in [-0.3, -0.25) is 4.79 Å². The van der Waals surface area contributed by atoms with Crippen LogP contribution in [-0.2, 0) is 33.2 Å². The van der Waals surface area contributed by atoms with E-state index in [2.05, 4.69) is 13.8 Å². The van der Waals surface area contributed by atoms with Crippen molar-refractivity contribution in [3.05, 3.63) is 0 Å². The standard InChI is InChI=1S/C45H86O14/c1-3-5-7-9-11-13-14-15-16-17-18-19-20-21-23-25-27-29-54-31-34(57-37(47)28-26-24-22-12-10-8-6-4-2)32-55-44-43(53)41(51)39(49)36(59-44)33-56-45-42(52)40(50)38(48)35(30-46)58-45/h34-36,38-46,48-53H,3-33H2,1-2H3. The number of aliphatic hydroxyl groups is 7. The highest BCUT2D eigenvalue weighted by Crippen LogP contribution is 2.26. The molecule has 0 aromatic heterocycles. The molecule has 2 fully saturated rings. The van der Waals surface area contributed by atoms with Crippen LogP contribution in [0.25, 0.3) is 0 Å². The van der Waals surface area contributed by atoms with Crippen LogP contribution in [0.15, 0.2) is 0 Å². The van der Waals surface area contributed by atoms with E-state index in [1.165, 1.54) is 116 Å². The van der Waals surface area contributed by atoms with E-state index in [-0.39, 0.29) is 25.6 Å². The van der Waals surface area contributed by atoms with Crippen molar-refractivity contribution >= 4 is 5.97 Å². The third-order valence-corrected chi connectivity index (χ3v) is 11.6. The van der Waals surface area contributed by atoms with E-state index in [1.54, 1.807) is 0 Å². The number of aliphatic hydroxyl groups excluding tert-OH is 7. The summed E-state index contributed by atoms with van der Waals surface area (Å²) in [6.07, 6.45) is 14.7. The molecule has 2 aliphatic heterocycles. The van der Waals surface area contributed by atoms with Crippen LogP contribution in [0.4, 0.5) is 0 Å². The van der Waals surface area contributed by atoms with Crippen LogP contribution in [0, 0.1) is 0 Å². The number of carbonyl (C=O) groups excluding carboxylic acids is 1. The monoisotopic (exact) mass is 851 g/mol. The molecule has 14 heteroatoms. The Morgan fingerprint density at radius 2 is 0.898 bits per heavy atom. The van der Waals surface area contributed by atoms with E-state index in [0.29, 0.717) is 13.0 Å². The van der Waals surface area contributed by atoms with Gasteiger partial charge in [-0.15, -0.1) is 0 Å². The average Bonchev–Trinajstić information content (AvgIpc) is 3.23. The van der Waals surface area contributed by atoms with Gasteiger partial charge in [0.15, 0.2) is 12.6 Å². The van der Waals surface area contributed by atoms with E-state index < -0.39 is 80.7 Å². The van der Waals surface area contributed by atoms with Crippen molar-refractivity contribution in [1.82, 2.24) is 0 Å². The van der Waals surface area contributed by atoms with Gasteiger partial charge in [-0.2, -0.15) is 0 Å². The van der Waals surface area contributed by atoms with Crippen molar-refractivity contribution < 1.29 is 69.0 Å². The fraction of sp³-hybridized carbons (Fsp3) is 0.978. The largest absolute Gasteiger partial charge is 0.457 e. The Labute approximate surface area is 355 Å². The maximum Gasteiger partial charge on any atom is 0.306 e. The van der Waals surface area contributed by atoms with Gasteiger partial charge in [0.25, 0.3) is 0 Å². The lowest BCUT2D eigenvalue weighted by Gasteiger charge is -2.42. The predicted molar refractivity (Wildman–Crippen MR) is 224 cm³/mol. The molecule has 2 aliphatic rings. The Hall–Kier alpha value is -1.01. The number of carbonyl (C=O) groups is 1. The number of hydrogen-bond acceptors (Lipinski definition) is 14. The molecule has 2 rings (SSSR count). The average molecular weight is 851 g/mol. The fourth-order valence-corrected chi connectivity index (χ4v) is 7.70. The van der Waals surface area contributed by atoms with E-state index in [9.17, 15) is 40.5 Å². The summed E-state index contributed by atoms with van der Waals surface area (Å²) in [4.78, 5) is 12.9. The van der Waals surface area contributed by atoms with Gasteiger partial charge in [-0.25, -0.2) is 0 Å². The van der Waals surface area contributed by atoms with Crippen LogP contribution >= 0.6 is 0 Å². The Morgan fingerprint density at radius 3 is 1.37 bits per heavy atom. The highest BCUT2D eigenvalue weighted by atomic mass is 16.7. The summed E-state index contributed by atoms with van der Waals surface area (Å²) in [5, 5.41) is 71.8. The van der Waals surface area contributed by atoms with E-state index in [4.69, 9.17) is 28.4 Å². The zero-order valence-corrected chi connectivity index (χ0v) is 36.8. The zero-order chi connectivity index (χ0) is 43.1. The van der Waals surface area contributed by atoms with E-state index in [0.717, 1.165) is 38.5 Å². The molecule has 14 nitrogen and oxygen atoms in total. The first-order valence-electron chi connectivity index (χ1n) is 23.6. The minimum Gasteiger partial charge on any atom is -0.457 e. The molecule has 2 heterocycles. The van der Waals surface area contributed by atoms with Crippen LogP contribution in [0.1, 0.15) is 181 Å². The second-order valence-electron chi connectivity index (χ2n) is 16.9. The number of hydrogen-bond donors (Lipinski definition) is 7. The van der Waals surface area contributed by atoms with Crippen LogP contribution < -0.4 is 0 Å². The fourth-order valence-electron chi connectivity index (χ4n) is 7.70. The highest BCUT2D eigenvalue weighted by molar-refractivity contribution is 5.69. The minimum atomic E-state index is -1.70. The summed E-state index contributed by atoms with van der Waals surface area (Å²) >= 11 is 0. The zero-order valence-electron chi connectivity index (χ0n) is 36.8. The molecule has 7 N–H and O–H groups in total. The summed E-state index contributed by atoms with van der Waals surface area (Å²) in [6, 6.07) is 0. The van der Waals surface area contributed by atoms with Gasteiger partial charge < -0.3 is 64.2 Å². The number of rotatable bonds is 37. The first kappa shape index (κ1) is 54.1. The summed E-state index contributed by atoms with van der Waals surface area (Å²) in [5.41, 5.74) is 0. The lowest BCUT2D eigenvalue weighted by atomic mass is 9.98. The lowest BCUT2D eigenvalue weighted by molar-refractivity contribution is -0.332. The molecule has 2 saturated heterocycles. The summed E-state index contributed by atoms with van der Waals surface area (Å²) in [7, 11) is 0. The molecular weight excluding hydrogens is 764 g/mol. The van der Waals surface area contributed by atoms with E-state index >= 15 is 0 Å². The first-order chi connectivity index (χ1) is 28.6. The molecule has 0 aliphatic carbocycles. The number of unbranched alkanes of at least 4 members (excludes halogenated alkanes) is 23. The Bertz CT molecular complexity index is 990. The normalized spacial score (nSPS) is 27.9. The molecule has 0 aromatic rings. The van der Waals surface area contributed by atoms with Crippen LogP contribution in [0.3, 0.4) is 0 Å². The number of esters is 1. The maximum absolute atomic E-state index is 12.9. The third-order valence-electron chi connectivity index (χ3n) is 11.6. The van der Waals surface area contributed by atoms with Crippen molar-refractivity contribution in [3.63, 3.8) is 0 Å². The van der Waals surface area contributed by atoms with Crippen molar-refractivity contribution in [2.24, 2.45) is 0 Å². The van der Waals surface area contributed by atoms with Gasteiger partial charge in [0.05, 0.1) is 26.4 Å². The van der Waals surface area contributed by atoms with Crippen LogP contribution in [-0.4, -0.2) is 142 Å². The smallest absolute Gasteiger partial charge is 0.306 e. The van der Waals surface area contributed by atoms with Gasteiger partial charge in [-0.05, 0) is 12.8 Å². The molecule has 11 unspecified atom stereocenters. The number of ether oxygens (including phenoxy) is 6. The van der Waals surface area contributed by atoms with Gasteiger partial charge >= 0.3 is 5.97 Å². The molecule has 59 heavy (non-hydrogen) atoms. The third kappa shape index (κ3) is 23.3. The van der Waals surface area contributed by atoms with Crippen molar-refractivity contribution in [3.8, 4) is 0 Å². The quantitative estimate of drug-likeness (QED) is 0.0294. The summed E-state index contributed by atoms with van der Waals surface area (Å²) < 4.78 is 34.1. The summed E-state index contributed by atoms with van der Waals surface area (Å²) in [6.45, 7) is 3.68. The molecular formula is C45H86O14. The molecule has 0 saturated carbocycles. The Morgan fingerprint density at radius 1 is 0.492 bits per heavy atom. The molecule has 0 bridgehead atoms.